The van der Waals surface area contributed by atoms with Crippen LogP contribution in [0.5, 0.6) is 11.5 Å². The number of amides is 1. The minimum absolute atomic E-state index is 0.0340. The molecule has 1 amide bonds. The number of aliphatic hydroxyl groups excluding tert-OH is 1. The van der Waals surface area contributed by atoms with E-state index in [1.807, 2.05) is 32.0 Å². The van der Waals surface area contributed by atoms with Gasteiger partial charge in [-0.2, -0.15) is 0 Å². The molecule has 174 valence electrons. The first-order valence-corrected chi connectivity index (χ1v) is 11.2. The Kier molecular flexibility index (Phi) is 6.92. The number of pyridine rings is 1. The highest BCUT2D eigenvalue weighted by Crippen LogP contribution is 2.41. The van der Waals surface area contributed by atoms with E-state index in [2.05, 4.69) is 4.98 Å². The quantitative estimate of drug-likeness (QED) is 0.304. The lowest BCUT2D eigenvalue weighted by molar-refractivity contribution is -0.140. The lowest BCUT2D eigenvalue weighted by Gasteiger charge is -2.25. The van der Waals surface area contributed by atoms with Crippen molar-refractivity contribution in [3.63, 3.8) is 0 Å². The van der Waals surface area contributed by atoms with E-state index >= 15 is 0 Å². The van der Waals surface area contributed by atoms with Crippen LogP contribution in [0.2, 0.25) is 0 Å². The normalized spacial score (nSPS) is 17.1. The molecule has 34 heavy (non-hydrogen) atoms. The second-order valence-electron chi connectivity index (χ2n) is 7.75. The molecule has 1 aliphatic heterocycles. The Morgan fingerprint density at radius 2 is 1.71 bits per heavy atom. The van der Waals surface area contributed by atoms with Gasteiger partial charge in [0.25, 0.3) is 11.7 Å². The molecular formula is C27H26N2O5. The molecule has 0 spiro atoms. The molecule has 3 aromatic rings. The molecule has 4 rings (SSSR count). The highest BCUT2D eigenvalue weighted by molar-refractivity contribution is 6.46. The average Bonchev–Trinajstić information content (AvgIpc) is 3.10. The number of Topliss-reactive ketones (excluding diaryl/α,β-unsaturated/α-hetero) is 1. The molecule has 2 heterocycles. The number of rotatable bonds is 8. The van der Waals surface area contributed by atoms with Gasteiger partial charge in [0.05, 0.1) is 24.8 Å². The fraction of sp³-hybridized carbons (Fsp3) is 0.222. The van der Waals surface area contributed by atoms with Gasteiger partial charge in [-0.3, -0.25) is 14.6 Å². The van der Waals surface area contributed by atoms with E-state index in [1.165, 1.54) is 4.90 Å². The number of benzene rings is 2. The molecule has 7 nitrogen and oxygen atoms in total. The average molecular weight is 459 g/mol. The van der Waals surface area contributed by atoms with Gasteiger partial charge in [0.2, 0.25) is 0 Å². The van der Waals surface area contributed by atoms with E-state index in [0.717, 1.165) is 5.56 Å². The maximum atomic E-state index is 13.2. The van der Waals surface area contributed by atoms with Crippen LogP contribution in [0.25, 0.3) is 5.76 Å². The molecule has 1 aliphatic rings. The molecule has 1 N–H and O–H groups in total. The number of aromatic nitrogens is 1. The van der Waals surface area contributed by atoms with Gasteiger partial charge in [0, 0.05) is 24.5 Å². The van der Waals surface area contributed by atoms with E-state index in [4.69, 9.17) is 9.47 Å². The van der Waals surface area contributed by atoms with Crippen molar-refractivity contribution in [1.82, 2.24) is 9.88 Å². The summed E-state index contributed by atoms with van der Waals surface area (Å²) in [6.07, 6.45) is 3.30. The van der Waals surface area contributed by atoms with E-state index in [0.29, 0.717) is 35.8 Å². The van der Waals surface area contributed by atoms with Gasteiger partial charge in [-0.1, -0.05) is 18.2 Å². The monoisotopic (exact) mass is 458 g/mol. The Morgan fingerprint density at radius 1 is 0.971 bits per heavy atom. The van der Waals surface area contributed by atoms with Crippen molar-refractivity contribution < 1.29 is 24.2 Å². The van der Waals surface area contributed by atoms with Crippen molar-refractivity contribution in [2.75, 3.05) is 13.2 Å². The van der Waals surface area contributed by atoms with E-state index < -0.39 is 17.7 Å². The molecule has 0 aliphatic carbocycles. The number of hydrogen-bond donors (Lipinski definition) is 1. The van der Waals surface area contributed by atoms with Gasteiger partial charge < -0.3 is 19.5 Å². The Balaban J connectivity index is 1.82. The molecule has 1 fully saturated rings. The van der Waals surface area contributed by atoms with Crippen LogP contribution in [0.15, 0.2) is 78.6 Å². The van der Waals surface area contributed by atoms with Crippen molar-refractivity contribution >= 4 is 17.4 Å². The Bertz CT molecular complexity index is 1210. The minimum Gasteiger partial charge on any atom is -0.507 e. The molecule has 0 bridgehead atoms. The standard InChI is InChI=1S/C27H26N2O5/c1-3-33-21-12-10-19(11-13-21)25(30)23-24(20-8-5-9-22(15-20)34-4-2)29(27(32)26(23)31)17-18-7-6-14-28-16-18/h5-16,24,30H,3-4,17H2,1-2H3/t24-/m0/s1. The van der Waals surface area contributed by atoms with Crippen LogP contribution >= 0.6 is 0 Å². The van der Waals surface area contributed by atoms with Crippen LogP contribution in [-0.4, -0.2) is 39.9 Å². The molecule has 0 saturated carbocycles. The summed E-state index contributed by atoms with van der Waals surface area (Å²) in [6, 6.07) is 16.8. The summed E-state index contributed by atoms with van der Waals surface area (Å²) in [5, 5.41) is 11.2. The van der Waals surface area contributed by atoms with Gasteiger partial charge in [0.1, 0.15) is 17.3 Å². The lowest BCUT2D eigenvalue weighted by atomic mass is 9.95. The summed E-state index contributed by atoms with van der Waals surface area (Å²) in [4.78, 5) is 31.9. The highest BCUT2D eigenvalue weighted by Gasteiger charge is 2.46. The maximum absolute atomic E-state index is 13.2. The third-order valence-electron chi connectivity index (χ3n) is 5.54. The van der Waals surface area contributed by atoms with E-state index in [9.17, 15) is 14.7 Å². The topological polar surface area (TPSA) is 89.0 Å². The number of aliphatic hydroxyl groups is 1. The summed E-state index contributed by atoms with van der Waals surface area (Å²) < 4.78 is 11.1. The largest absolute Gasteiger partial charge is 0.507 e. The van der Waals surface area contributed by atoms with Crippen molar-refractivity contribution in [2.45, 2.75) is 26.4 Å². The van der Waals surface area contributed by atoms with Crippen LogP contribution in [0.3, 0.4) is 0 Å². The third kappa shape index (κ3) is 4.64. The molecule has 1 saturated heterocycles. The lowest BCUT2D eigenvalue weighted by Crippen LogP contribution is -2.29. The zero-order chi connectivity index (χ0) is 24.1. The van der Waals surface area contributed by atoms with Crippen LogP contribution < -0.4 is 9.47 Å². The maximum Gasteiger partial charge on any atom is 0.295 e. The number of ketones is 1. The fourth-order valence-corrected chi connectivity index (χ4v) is 4.05. The van der Waals surface area contributed by atoms with Crippen molar-refractivity contribution in [3.05, 3.63) is 95.3 Å². The first-order chi connectivity index (χ1) is 16.5. The Morgan fingerprint density at radius 3 is 2.38 bits per heavy atom. The number of ether oxygens (including phenoxy) is 2. The smallest absolute Gasteiger partial charge is 0.295 e. The van der Waals surface area contributed by atoms with E-state index in [1.54, 1.807) is 54.9 Å². The van der Waals surface area contributed by atoms with Crippen molar-refractivity contribution in [3.8, 4) is 11.5 Å². The first-order valence-electron chi connectivity index (χ1n) is 11.2. The van der Waals surface area contributed by atoms with Crippen LogP contribution in [0.4, 0.5) is 0 Å². The van der Waals surface area contributed by atoms with Crippen molar-refractivity contribution in [2.24, 2.45) is 0 Å². The summed E-state index contributed by atoms with van der Waals surface area (Å²) in [5.74, 6) is -0.378. The number of likely N-dealkylation sites (tertiary alicyclic amines) is 1. The van der Waals surface area contributed by atoms with Crippen LogP contribution in [0, 0.1) is 0 Å². The zero-order valence-corrected chi connectivity index (χ0v) is 19.1. The van der Waals surface area contributed by atoms with E-state index in [-0.39, 0.29) is 17.9 Å². The molecule has 0 unspecified atom stereocenters. The Hall–Kier alpha value is -4.13. The summed E-state index contributed by atoms with van der Waals surface area (Å²) >= 11 is 0. The van der Waals surface area contributed by atoms with Gasteiger partial charge in [0.15, 0.2) is 0 Å². The van der Waals surface area contributed by atoms with Gasteiger partial charge in [-0.05, 0) is 67.4 Å². The third-order valence-corrected chi connectivity index (χ3v) is 5.54. The molecule has 0 radical (unpaired) electrons. The highest BCUT2D eigenvalue weighted by atomic mass is 16.5. The SMILES string of the molecule is CCOc1ccc(C(O)=C2C(=O)C(=O)N(Cc3cccnc3)[C@H]2c2cccc(OCC)c2)cc1. The predicted molar refractivity (Wildman–Crippen MR) is 127 cm³/mol. The molecule has 2 aromatic carbocycles. The van der Waals surface area contributed by atoms with Gasteiger partial charge >= 0.3 is 0 Å². The van der Waals surface area contributed by atoms with Gasteiger partial charge in [-0.15, -0.1) is 0 Å². The number of hydrogen-bond acceptors (Lipinski definition) is 6. The molecule has 1 atom stereocenters. The fourth-order valence-electron chi connectivity index (χ4n) is 4.05. The van der Waals surface area contributed by atoms with Crippen LogP contribution in [-0.2, 0) is 16.1 Å². The molecular weight excluding hydrogens is 432 g/mol. The van der Waals surface area contributed by atoms with Crippen LogP contribution in [0.1, 0.15) is 36.6 Å². The minimum atomic E-state index is -0.785. The predicted octanol–water partition coefficient (Wildman–Crippen LogP) is 4.50. The number of carbonyl (C=O) groups is 2. The summed E-state index contributed by atoms with van der Waals surface area (Å²) in [5.41, 5.74) is 1.90. The van der Waals surface area contributed by atoms with Gasteiger partial charge in [-0.25, -0.2) is 0 Å². The molecule has 1 aromatic heterocycles. The summed E-state index contributed by atoms with van der Waals surface area (Å²) in [6.45, 7) is 4.93. The number of carbonyl (C=O) groups excluding carboxylic acids is 2. The zero-order valence-electron chi connectivity index (χ0n) is 19.1. The Labute approximate surface area is 198 Å². The second-order valence-corrected chi connectivity index (χ2v) is 7.75. The molecule has 7 heteroatoms. The number of nitrogens with zero attached hydrogens (tertiary/aromatic N) is 2. The van der Waals surface area contributed by atoms with Crippen molar-refractivity contribution in [1.29, 1.82) is 0 Å². The summed E-state index contributed by atoms with van der Waals surface area (Å²) in [7, 11) is 0. The first kappa shape index (κ1) is 23.0. The second kappa shape index (κ2) is 10.2.